The highest BCUT2D eigenvalue weighted by Crippen LogP contribution is 2.21. The molecule has 3 rings (SSSR count). The summed E-state index contributed by atoms with van der Waals surface area (Å²) >= 11 is 0. The lowest BCUT2D eigenvalue weighted by atomic mass is 10.1. The highest BCUT2D eigenvalue weighted by molar-refractivity contribution is 6.04. The van der Waals surface area contributed by atoms with Crippen LogP contribution in [0.5, 0.6) is 0 Å². The molecule has 5 heteroatoms. The van der Waals surface area contributed by atoms with Crippen molar-refractivity contribution in [3.63, 3.8) is 0 Å². The molecule has 0 radical (unpaired) electrons. The molecule has 0 saturated heterocycles. The van der Waals surface area contributed by atoms with Crippen molar-refractivity contribution in [2.45, 2.75) is 26.3 Å². The van der Waals surface area contributed by atoms with E-state index in [0.717, 1.165) is 24.3 Å². The van der Waals surface area contributed by atoms with E-state index in [1.54, 1.807) is 12.4 Å². The minimum atomic E-state index is -0.459. The van der Waals surface area contributed by atoms with Gasteiger partial charge in [0.2, 0.25) is 0 Å². The summed E-state index contributed by atoms with van der Waals surface area (Å²) in [6.45, 7) is 4.10. The van der Waals surface area contributed by atoms with Gasteiger partial charge in [0.1, 0.15) is 11.8 Å². The van der Waals surface area contributed by atoms with Gasteiger partial charge in [-0.1, -0.05) is 31.5 Å². The molecule has 0 aliphatic carbocycles. The van der Waals surface area contributed by atoms with Crippen molar-refractivity contribution in [1.82, 2.24) is 14.9 Å². The zero-order valence-corrected chi connectivity index (χ0v) is 13.8. The zero-order chi connectivity index (χ0) is 16.9. The van der Waals surface area contributed by atoms with Crippen LogP contribution >= 0.6 is 0 Å². The molecule has 0 fully saturated rings. The molecule has 0 aliphatic rings. The van der Waals surface area contributed by atoms with Crippen molar-refractivity contribution in [2.75, 3.05) is 6.54 Å². The Morgan fingerprint density at radius 3 is 2.71 bits per heavy atom. The summed E-state index contributed by atoms with van der Waals surface area (Å²) in [6, 6.07) is 13.8. The number of primary amides is 1. The summed E-state index contributed by atoms with van der Waals surface area (Å²) in [7, 11) is 0. The molecule has 124 valence electrons. The SMILES string of the molecule is CCCCNCc1ccc(-n2cnc3c(C(N)=O)cccc32)cc1. The number of amides is 1. The summed E-state index contributed by atoms with van der Waals surface area (Å²) in [5.74, 6) is -0.459. The third-order valence-corrected chi connectivity index (χ3v) is 4.09. The lowest BCUT2D eigenvalue weighted by Gasteiger charge is -2.08. The lowest BCUT2D eigenvalue weighted by Crippen LogP contribution is -2.14. The van der Waals surface area contributed by atoms with Crippen LogP contribution in [0.2, 0.25) is 0 Å². The van der Waals surface area contributed by atoms with E-state index in [-0.39, 0.29) is 0 Å². The van der Waals surface area contributed by atoms with Crippen LogP contribution in [0.15, 0.2) is 48.8 Å². The summed E-state index contributed by atoms with van der Waals surface area (Å²) < 4.78 is 1.97. The van der Waals surface area contributed by atoms with Gasteiger partial charge in [0.05, 0.1) is 11.1 Å². The molecule has 1 amide bonds. The predicted molar refractivity (Wildman–Crippen MR) is 96.2 cm³/mol. The molecule has 0 aliphatic heterocycles. The van der Waals surface area contributed by atoms with Gasteiger partial charge in [-0.25, -0.2) is 4.98 Å². The fourth-order valence-corrected chi connectivity index (χ4v) is 2.75. The van der Waals surface area contributed by atoms with Gasteiger partial charge >= 0.3 is 0 Å². The number of hydrogen-bond donors (Lipinski definition) is 2. The highest BCUT2D eigenvalue weighted by Gasteiger charge is 2.11. The molecule has 24 heavy (non-hydrogen) atoms. The number of carbonyl (C=O) groups is 1. The Labute approximate surface area is 141 Å². The molecule has 5 nitrogen and oxygen atoms in total. The molecule has 0 atom stereocenters. The number of carbonyl (C=O) groups excluding carboxylic acids is 1. The van der Waals surface area contributed by atoms with E-state index in [9.17, 15) is 4.79 Å². The first-order valence-electron chi connectivity index (χ1n) is 8.26. The van der Waals surface area contributed by atoms with E-state index >= 15 is 0 Å². The maximum atomic E-state index is 11.5. The number of fused-ring (bicyclic) bond motifs is 1. The summed E-state index contributed by atoms with van der Waals surface area (Å²) in [5.41, 5.74) is 9.64. The van der Waals surface area contributed by atoms with Gasteiger partial charge in [0, 0.05) is 12.2 Å². The monoisotopic (exact) mass is 322 g/mol. The maximum Gasteiger partial charge on any atom is 0.250 e. The fraction of sp³-hybridized carbons (Fsp3) is 0.263. The molecular formula is C19H22N4O. The number of aromatic nitrogens is 2. The normalized spacial score (nSPS) is 11.0. The third kappa shape index (κ3) is 3.31. The van der Waals surface area contributed by atoms with Gasteiger partial charge in [0.25, 0.3) is 5.91 Å². The predicted octanol–water partition coefficient (Wildman–Crippen LogP) is 3.01. The van der Waals surface area contributed by atoms with Crippen molar-refractivity contribution in [1.29, 1.82) is 0 Å². The number of unbranched alkanes of at least 4 members (excludes halogenated alkanes) is 1. The van der Waals surface area contributed by atoms with E-state index in [0.29, 0.717) is 11.1 Å². The second-order valence-electron chi connectivity index (χ2n) is 5.85. The third-order valence-electron chi connectivity index (χ3n) is 4.09. The molecule has 1 aromatic heterocycles. The first kappa shape index (κ1) is 16.2. The van der Waals surface area contributed by atoms with Crippen LogP contribution in [0.4, 0.5) is 0 Å². The number of nitrogens with one attached hydrogen (secondary N) is 1. The van der Waals surface area contributed by atoms with Crippen molar-refractivity contribution in [3.05, 3.63) is 59.9 Å². The van der Waals surface area contributed by atoms with Crippen LogP contribution < -0.4 is 11.1 Å². The molecule has 3 N–H and O–H groups in total. The lowest BCUT2D eigenvalue weighted by molar-refractivity contribution is 0.100. The van der Waals surface area contributed by atoms with Gasteiger partial charge in [-0.15, -0.1) is 0 Å². The molecule has 0 saturated carbocycles. The van der Waals surface area contributed by atoms with Gasteiger partial charge in [-0.3, -0.25) is 9.36 Å². The summed E-state index contributed by atoms with van der Waals surface area (Å²) in [5, 5.41) is 3.44. The van der Waals surface area contributed by atoms with Crippen LogP contribution in [-0.2, 0) is 6.54 Å². The molecule has 0 bridgehead atoms. The molecule has 3 aromatic rings. The van der Waals surface area contributed by atoms with E-state index in [2.05, 4.69) is 41.5 Å². The van der Waals surface area contributed by atoms with E-state index in [1.807, 2.05) is 16.7 Å². The quantitative estimate of drug-likeness (QED) is 0.657. The summed E-state index contributed by atoms with van der Waals surface area (Å²) in [4.78, 5) is 15.9. The number of rotatable bonds is 7. The second kappa shape index (κ2) is 7.27. The number of imidazole rings is 1. The van der Waals surface area contributed by atoms with Gasteiger partial charge < -0.3 is 11.1 Å². The van der Waals surface area contributed by atoms with Gasteiger partial charge in [-0.2, -0.15) is 0 Å². The molecule has 1 heterocycles. The standard InChI is InChI=1S/C19H22N4O/c1-2-3-11-21-12-14-7-9-15(10-8-14)23-13-22-18-16(19(20)24)5-4-6-17(18)23/h4-10,13,21H,2-3,11-12H2,1H3,(H2,20,24). The Hall–Kier alpha value is -2.66. The van der Waals surface area contributed by atoms with Gasteiger partial charge in [0.15, 0.2) is 0 Å². The summed E-state index contributed by atoms with van der Waals surface area (Å²) in [6.07, 6.45) is 4.12. The van der Waals surface area contributed by atoms with Crippen LogP contribution in [-0.4, -0.2) is 22.0 Å². The Kier molecular flexibility index (Phi) is 4.91. The average Bonchev–Trinajstić information content (AvgIpc) is 3.03. The Balaban J connectivity index is 1.83. The van der Waals surface area contributed by atoms with Crippen LogP contribution in [0.25, 0.3) is 16.7 Å². The largest absolute Gasteiger partial charge is 0.366 e. The Morgan fingerprint density at radius 2 is 2.00 bits per heavy atom. The van der Waals surface area contributed by atoms with Gasteiger partial charge in [-0.05, 0) is 42.8 Å². The topological polar surface area (TPSA) is 72.9 Å². The number of hydrogen-bond acceptors (Lipinski definition) is 3. The minimum Gasteiger partial charge on any atom is -0.366 e. The van der Waals surface area contributed by atoms with Crippen LogP contribution in [0.1, 0.15) is 35.7 Å². The van der Waals surface area contributed by atoms with E-state index in [4.69, 9.17) is 5.73 Å². The maximum absolute atomic E-state index is 11.5. The van der Waals surface area contributed by atoms with Crippen molar-refractivity contribution >= 4 is 16.9 Å². The van der Waals surface area contributed by atoms with Crippen molar-refractivity contribution < 1.29 is 4.79 Å². The number of para-hydroxylation sites is 1. The molecule has 2 aromatic carbocycles. The second-order valence-corrected chi connectivity index (χ2v) is 5.85. The average molecular weight is 322 g/mol. The highest BCUT2D eigenvalue weighted by atomic mass is 16.1. The number of nitrogens with zero attached hydrogens (tertiary/aromatic N) is 2. The first-order chi connectivity index (χ1) is 11.7. The Bertz CT molecular complexity index is 836. The number of nitrogens with two attached hydrogens (primary N) is 1. The number of benzene rings is 2. The Morgan fingerprint density at radius 1 is 1.21 bits per heavy atom. The zero-order valence-electron chi connectivity index (χ0n) is 13.8. The van der Waals surface area contributed by atoms with Crippen LogP contribution in [0.3, 0.4) is 0 Å². The van der Waals surface area contributed by atoms with Crippen molar-refractivity contribution in [2.24, 2.45) is 5.73 Å². The first-order valence-corrected chi connectivity index (χ1v) is 8.26. The minimum absolute atomic E-state index is 0.447. The van der Waals surface area contributed by atoms with E-state index < -0.39 is 5.91 Å². The fourth-order valence-electron chi connectivity index (χ4n) is 2.75. The van der Waals surface area contributed by atoms with E-state index in [1.165, 1.54) is 18.4 Å². The smallest absolute Gasteiger partial charge is 0.250 e. The molecular weight excluding hydrogens is 300 g/mol. The molecule has 0 unspecified atom stereocenters. The van der Waals surface area contributed by atoms with Crippen molar-refractivity contribution in [3.8, 4) is 5.69 Å². The van der Waals surface area contributed by atoms with Crippen LogP contribution in [0, 0.1) is 0 Å². The molecule has 0 spiro atoms.